The second-order valence-corrected chi connectivity index (χ2v) is 6.52. The first kappa shape index (κ1) is 18.8. The average Bonchev–Trinajstić information content (AvgIpc) is 2.69. The van der Waals surface area contributed by atoms with Crippen molar-refractivity contribution < 1.29 is 13.9 Å². The van der Waals surface area contributed by atoms with Crippen molar-refractivity contribution in [3.63, 3.8) is 0 Å². The number of hydrogen-bond acceptors (Lipinski definition) is 5. The molecule has 0 bridgehead atoms. The van der Waals surface area contributed by atoms with Crippen molar-refractivity contribution >= 4 is 17.5 Å². The Morgan fingerprint density at radius 3 is 2.52 bits per heavy atom. The van der Waals surface area contributed by atoms with Gasteiger partial charge in [0.25, 0.3) is 5.56 Å². The second kappa shape index (κ2) is 8.64. The van der Waals surface area contributed by atoms with Gasteiger partial charge in [-0.05, 0) is 55.5 Å². The van der Waals surface area contributed by atoms with Crippen molar-refractivity contribution in [2.24, 2.45) is 0 Å². The van der Waals surface area contributed by atoms with E-state index in [2.05, 4.69) is 4.98 Å². The number of carbonyl (C=O) groups excluding carboxylic acids is 1. The van der Waals surface area contributed by atoms with Gasteiger partial charge >= 0.3 is 0 Å². The fraction of sp³-hybridized carbons (Fsp3) is 0.150. The van der Waals surface area contributed by atoms with Crippen LogP contribution in [0.3, 0.4) is 0 Å². The number of rotatable bonds is 7. The van der Waals surface area contributed by atoms with Crippen molar-refractivity contribution in [3.8, 4) is 11.4 Å². The molecule has 0 aliphatic heterocycles. The molecular formula is C20H17FN2O3S. The molecule has 0 saturated carbocycles. The first-order chi connectivity index (χ1) is 13.1. The molecular weight excluding hydrogens is 367 g/mol. The smallest absolute Gasteiger partial charge is 0.287 e. The molecule has 1 aromatic heterocycles. The molecule has 138 valence electrons. The molecule has 27 heavy (non-hydrogen) atoms. The zero-order valence-corrected chi connectivity index (χ0v) is 15.4. The first-order valence-electron chi connectivity index (χ1n) is 8.31. The third-order valence-corrected chi connectivity index (χ3v) is 4.70. The molecule has 0 aliphatic carbocycles. The monoisotopic (exact) mass is 384 g/mol. The molecule has 0 fully saturated rings. The molecule has 0 spiro atoms. The van der Waals surface area contributed by atoms with Crippen LogP contribution in [-0.4, -0.2) is 27.7 Å². The van der Waals surface area contributed by atoms with Gasteiger partial charge < -0.3 is 4.74 Å². The number of thioether (sulfide) groups is 1. The highest BCUT2D eigenvalue weighted by Crippen LogP contribution is 2.17. The van der Waals surface area contributed by atoms with Gasteiger partial charge in [0, 0.05) is 23.6 Å². The summed E-state index contributed by atoms with van der Waals surface area (Å²) in [5, 5.41) is 0.209. The minimum absolute atomic E-state index is 0.0870. The van der Waals surface area contributed by atoms with Gasteiger partial charge in [0.2, 0.25) is 0 Å². The zero-order chi connectivity index (χ0) is 19.2. The van der Waals surface area contributed by atoms with E-state index in [1.165, 1.54) is 41.2 Å². The Morgan fingerprint density at radius 1 is 1.15 bits per heavy atom. The number of Topliss-reactive ketones (excluding diaryl/α,β-unsaturated/α-hetero) is 1. The van der Waals surface area contributed by atoms with Gasteiger partial charge in [-0.2, -0.15) is 0 Å². The topological polar surface area (TPSA) is 61.2 Å². The summed E-state index contributed by atoms with van der Waals surface area (Å²) >= 11 is 1.08. The lowest BCUT2D eigenvalue weighted by Gasteiger charge is -2.07. The van der Waals surface area contributed by atoms with Crippen LogP contribution in [0.2, 0.25) is 0 Å². The minimum atomic E-state index is -0.378. The van der Waals surface area contributed by atoms with E-state index in [0.717, 1.165) is 11.8 Å². The van der Waals surface area contributed by atoms with Crippen LogP contribution in [-0.2, 0) is 0 Å². The van der Waals surface area contributed by atoms with Crippen molar-refractivity contribution in [2.75, 3.05) is 12.4 Å². The molecule has 2 aromatic carbocycles. The van der Waals surface area contributed by atoms with Gasteiger partial charge in [-0.25, -0.2) is 9.37 Å². The van der Waals surface area contributed by atoms with Crippen LogP contribution >= 0.6 is 11.8 Å². The maximum Gasteiger partial charge on any atom is 0.287 e. The van der Waals surface area contributed by atoms with Crippen molar-refractivity contribution in [2.45, 2.75) is 11.9 Å². The lowest BCUT2D eigenvalue weighted by atomic mass is 10.1. The van der Waals surface area contributed by atoms with Gasteiger partial charge in [0.05, 0.1) is 12.4 Å². The van der Waals surface area contributed by atoms with Crippen LogP contribution in [0.15, 0.2) is 70.7 Å². The minimum Gasteiger partial charge on any atom is -0.494 e. The van der Waals surface area contributed by atoms with Crippen LogP contribution in [0.5, 0.6) is 5.75 Å². The number of ether oxygens (including phenoxy) is 1. The SMILES string of the molecule is CCOc1ccc(C(=O)CSc2nccn(-c3ccc(F)cc3)c2=O)cc1. The summed E-state index contributed by atoms with van der Waals surface area (Å²) < 4.78 is 19.8. The molecule has 0 amide bonds. The highest BCUT2D eigenvalue weighted by Gasteiger charge is 2.12. The number of ketones is 1. The van der Waals surface area contributed by atoms with Crippen LogP contribution in [0.25, 0.3) is 5.69 Å². The predicted octanol–water partition coefficient (Wildman–Crippen LogP) is 3.75. The van der Waals surface area contributed by atoms with Crippen LogP contribution in [0.1, 0.15) is 17.3 Å². The van der Waals surface area contributed by atoms with E-state index in [1.54, 1.807) is 24.3 Å². The number of hydrogen-bond donors (Lipinski definition) is 0. The molecule has 0 radical (unpaired) electrons. The number of benzene rings is 2. The maximum atomic E-state index is 13.1. The molecule has 0 aliphatic rings. The lowest BCUT2D eigenvalue weighted by Crippen LogP contribution is -2.21. The molecule has 7 heteroatoms. The number of carbonyl (C=O) groups is 1. The second-order valence-electron chi connectivity index (χ2n) is 5.55. The molecule has 1 heterocycles. The highest BCUT2D eigenvalue weighted by atomic mass is 32.2. The van der Waals surface area contributed by atoms with E-state index in [-0.39, 0.29) is 27.9 Å². The van der Waals surface area contributed by atoms with Gasteiger partial charge in [-0.3, -0.25) is 14.2 Å². The Labute approximate surface area is 159 Å². The van der Waals surface area contributed by atoms with Gasteiger partial charge in [-0.1, -0.05) is 11.8 Å². The number of halogens is 1. The fourth-order valence-corrected chi connectivity index (χ4v) is 3.21. The summed E-state index contributed by atoms with van der Waals surface area (Å²) in [4.78, 5) is 29.0. The van der Waals surface area contributed by atoms with E-state index in [0.29, 0.717) is 23.6 Å². The molecule has 0 unspecified atom stereocenters. The van der Waals surface area contributed by atoms with E-state index < -0.39 is 0 Å². The standard InChI is InChI=1S/C20H17FN2O3S/c1-2-26-17-9-3-14(4-10-17)18(24)13-27-19-20(25)23(12-11-22-19)16-7-5-15(21)6-8-16/h3-12H,2,13H2,1H3. The predicted molar refractivity (Wildman–Crippen MR) is 102 cm³/mol. The summed E-state index contributed by atoms with van der Waals surface area (Å²) in [6.07, 6.45) is 2.99. The Kier molecular flexibility index (Phi) is 6.03. The van der Waals surface area contributed by atoms with Gasteiger partial charge in [-0.15, -0.1) is 0 Å². The molecule has 0 saturated heterocycles. The maximum absolute atomic E-state index is 13.1. The molecule has 3 rings (SSSR count). The number of nitrogens with zero attached hydrogens (tertiary/aromatic N) is 2. The van der Waals surface area contributed by atoms with E-state index in [9.17, 15) is 14.0 Å². The number of aromatic nitrogens is 2. The molecule has 3 aromatic rings. The summed E-state index contributed by atoms with van der Waals surface area (Å²) in [7, 11) is 0. The summed E-state index contributed by atoms with van der Waals surface area (Å²) in [6, 6.07) is 12.5. The highest BCUT2D eigenvalue weighted by molar-refractivity contribution is 7.99. The molecule has 5 nitrogen and oxygen atoms in total. The third kappa shape index (κ3) is 4.62. The largest absolute Gasteiger partial charge is 0.494 e. The van der Waals surface area contributed by atoms with Crippen molar-refractivity contribution in [1.29, 1.82) is 0 Å². The Balaban J connectivity index is 1.72. The Hall–Kier alpha value is -2.93. The summed E-state index contributed by atoms with van der Waals surface area (Å²) in [5.74, 6) is 0.301. The third-order valence-electron chi connectivity index (χ3n) is 3.74. The molecule has 0 atom stereocenters. The van der Waals surface area contributed by atoms with E-state index in [1.807, 2.05) is 6.92 Å². The van der Waals surface area contributed by atoms with Crippen LogP contribution < -0.4 is 10.3 Å². The first-order valence-corrected chi connectivity index (χ1v) is 9.29. The summed E-state index contributed by atoms with van der Waals surface area (Å²) in [5.41, 5.74) is 0.720. The Morgan fingerprint density at radius 2 is 1.85 bits per heavy atom. The van der Waals surface area contributed by atoms with Crippen LogP contribution in [0.4, 0.5) is 4.39 Å². The average molecular weight is 384 g/mol. The van der Waals surface area contributed by atoms with E-state index in [4.69, 9.17) is 4.74 Å². The van der Waals surface area contributed by atoms with Gasteiger partial charge in [0.1, 0.15) is 11.6 Å². The normalized spacial score (nSPS) is 10.6. The van der Waals surface area contributed by atoms with Crippen LogP contribution in [0, 0.1) is 5.82 Å². The quantitative estimate of drug-likeness (QED) is 0.459. The summed E-state index contributed by atoms with van der Waals surface area (Å²) in [6.45, 7) is 2.45. The van der Waals surface area contributed by atoms with Crippen molar-refractivity contribution in [1.82, 2.24) is 9.55 Å². The lowest BCUT2D eigenvalue weighted by molar-refractivity contribution is 0.102. The Bertz CT molecular complexity index is 985. The molecule has 0 N–H and O–H groups in total. The van der Waals surface area contributed by atoms with Gasteiger partial charge in [0.15, 0.2) is 10.8 Å². The van der Waals surface area contributed by atoms with Crippen molar-refractivity contribution in [3.05, 3.63) is 82.7 Å². The fourth-order valence-electron chi connectivity index (χ4n) is 2.42. The zero-order valence-electron chi connectivity index (χ0n) is 14.6. The van der Waals surface area contributed by atoms with E-state index >= 15 is 0 Å².